The Bertz CT molecular complexity index is 598. The molecule has 1 aromatic heterocycles. The molecule has 2 nitrogen and oxygen atoms in total. The largest absolute Gasteiger partial charge is 0.286 e. The summed E-state index contributed by atoms with van der Waals surface area (Å²) < 4.78 is 2.19. The minimum atomic E-state index is 0.679. The van der Waals surface area contributed by atoms with Gasteiger partial charge in [-0.05, 0) is 31.2 Å². The van der Waals surface area contributed by atoms with Crippen molar-refractivity contribution in [3.8, 4) is 11.3 Å². The van der Waals surface area contributed by atoms with Gasteiger partial charge in [-0.15, -0.1) is 0 Å². The molecule has 1 saturated carbocycles. The average Bonchev–Trinajstić information content (AvgIpc) is 2.49. The third-order valence-electron chi connectivity index (χ3n) is 4.52. The van der Waals surface area contributed by atoms with E-state index in [9.17, 15) is 0 Å². The average molecular weight is 267 g/mol. The maximum atomic E-state index is 4.44. The zero-order valence-corrected chi connectivity index (χ0v) is 12.5. The Kier molecular flexibility index (Phi) is 3.81. The lowest BCUT2D eigenvalue weighted by Crippen LogP contribution is -2.33. The lowest BCUT2D eigenvalue weighted by atomic mass is 9.82. The molecule has 20 heavy (non-hydrogen) atoms. The lowest BCUT2D eigenvalue weighted by Gasteiger charge is -2.23. The number of aryl methyl sites for hydroxylation is 2. The number of rotatable bonds is 2. The fraction of sp³-hybridized carbons (Fsp3) is 0.444. The van der Waals surface area contributed by atoms with Gasteiger partial charge in [-0.1, -0.05) is 48.5 Å². The van der Waals surface area contributed by atoms with Crippen LogP contribution >= 0.6 is 0 Å². The van der Waals surface area contributed by atoms with Crippen LogP contribution in [0.2, 0.25) is 0 Å². The van der Waals surface area contributed by atoms with Gasteiger partial charge < -0.3 is 0 Å². The van der Waals surface area contributed by atoms with E-state index in [0.29, 0.717) is 5.92 Å². The van der Waals surface area contributed by atoms with Gasteiger partial charge in [0.15, 0.2) is 0 Å². The van der Waals surface area contributed by atoms with E-state index < -0.39 is 0 Å². The molecule has 0 aliphatic heterocycles. The third kappa shape index (κ3) is 2.47. The van der Waals surface area contributed by atoms with E-state index in [1.54, 1.807) is 0 Å². The first-order chi connectivity index (χ1) is 9.77. The highest BCUT2D eigenvalue weighted by atomic mass is 15.0. The predicted molar refractivity (Wildman–Crippen MR) is 81.4 cm³/mol. The smallest absolute Gasteiger partial charge is 0.232 e. The maximum Gasteiger partial charge on any atom is 0.286 e. The highest BCUT2D eigenvalue weighted by Gasteiger charge is 2.24. The van der Waals surface area contributed by atoms with E-state index in [-0.39, 0.29) is 0 Å². The van der Waals surface area contributed by atoms with Crippen LogP contribution in [0.4, 0.5) is 0 Å². The van der Waals surface area contributed by atoms with Gasteiger partial charge in [0.2, 0.25) is 0 Å². The topological polar surface area (TPSA) is 16.8 Å². The van der Waals surface area contributed by atoms with Crippen LogP contribution in [0, 0.1) is 6.92 Å². The molecule has 0 saturated heterocycles. The Balaban J connectivity index is 2.12. The van der Waals surface area contributed by atoms with Crippen molar-refractivity contribution in [1.82, 2.24) is 4.98 Å². The van der Waals surface area contributed by atoms with E-state index in [2.05, 4.69) is 54.0 Å². The number of aromatic nitrogens is 2. The fourth-order valence-corrected chi connectivity index (χ4v) is 3.43. The Morgan fingerprint density at radius 3 is 2.60 bits per heavy atom. The standard InChI is InChI=1S/C18H23N2/c1-14-8-6-7-11-16(14)18-17(12-19-13-20(18)2)15-9-4-3-5-10-15/h6-8,11-13,15H,3-5,9-10H2,1-2H3/q+1. The summed E-state index contributed by atoms with van der Waals surface area (Å²) in [6.07, 6.45) is 10.7. The lowest BCUT2D eigenvalue weighted by molar-refractivity contribution is -0.664. The minimum absolute atomic E-state index is 0.679. The van der Waals surface area contributed by atoms with Crippen LogP contribution in [-0.4, -0.2) is 4.98 Å². The molecule has 2 heteroatoms. The molecule has 0 radical (unpaired) electrons. The van der Waals surface area contributed by atoms with Crippen LogP contribution in [0.15, 0.2) is 36.8 Å². The number of nitrogens with zero attached hydrogens (tertiary/aromatic N) is 2. The fourth-order valence-electron chi connectivity index (χ4n) is 3.43. The second kappa shape index (κ2) is 5.74. The molecular formula is C18H23N2+. The summed E-state index contributed by atoms with van der Waals surface area (Å²) in [5, 5.41) is 0. The van der Waals surface area contributed by atoms with Crippen molar-refractivity contribution in [3.05, 3.63) is 47.9 Å². The highest BCUT2D eigenvalue weighted by Crippen LogP contribution is 2.36. The number of hydrogen-bond acceptors (Lipinski definition) is 1. The van der Waals surface area contributed by atoms with E-state index in [1.165, 1.54) is 54.5 Å². The van der Waals surface area contributed by atoms with Crippen molar-refractivity contribution >= 4 is 0 Å². The maximum absolute atomic E-state index is 4.44. The molecule has 0 bridgehead atoms. The predicted octanol–water partition coefficient (Wildman–Crippen LogP) is 3.93. The highest BCUT2D eigenvalue weighted by molar-refractivity contribution is 5.64. The van der Waals surface area contributed by atoms with Crippen LogP contribution in [0.5, 0.6) is 0 Å². The third-order valence-corrected chi connectivity index (χ3v) is 4.52. The van der Waals surface area contributed by atoms with Gasteiger partial charge in [0.25, 0.3) is 6.33 Å². The number of benzene rings is 1. The molecule has 1 aliphatic rings. The summed E-state index contributed by atoms with van der Waals surface area (Å²) in [6.45, 7) is 2.19. The SMILES string of the molecule is Cc1ccccc1-c1c(C2CCCCC2)cnc[n+]1C. The summed E-state index contributed by atoms with van der Waals surface area (Å²) in [5.41, 5.74) is 5.47. The summed E-state index contributed by atoms with van der Waals surface area (Å²) in [4.78, 5) is 4.44. The van der Waals surface area contributed by atoms with Gasteiger partial charge in [0.05, 0.1) is 7.05 Å². The molecule has 3 rings (SSSR count). The normalized spacial score (nSPS) is 16.3. The quantitative estimate of drug-likeness (QED) is 0.753. The Hall–Kier alpha value is -1.70. The first-order valence-corrected chi connectivity index (χ1v) is 7.67. The zero-order chi connectivity index (χ0) is 13.9. The second-order valence-electron chi connectivity index (χ2n) is 5.96. The minimum Gasteiger partial charge on any atom is -0.232 e. The van der Waals surface area contributed by atoms with Gasteiger partial charge in [-0.25, -0.2) is 4.57 Å². The van der Waals surface area contributed by atoms with Crippen LogP contribution in [0.25, 0.3) is 11.3 Å². The van der Waals surface area contributed by atoms with Crippen molar-refractivity contribution in [3.63, 3.8) is 0 Å². The van der Waals surface area contributed by atoms with Crippen molar-refractivity contribution in [1.29, 1.82) is 0 Å². The first-order valence-electron chi connectivity index (χ1n) is 7.67. The van der Waals surface area contributed by atoms with Gasteiger partial charge in [-0.3, -0.25) is 0 Å². The van der Waals surface area contributed by atoms with Crippen molar-refractivity contribution in [2.24, 2.45) is 7.05 Å². The monoisotopic (exact) mass is 267 g/mol. The first kappa shape index (κ1) is 13.3. The molecular weight excluding hydrogens is 244 g/mol. The Morgan fingerprint density at radius 2 is 1.85 bits per heavy atom. The molecule has 0 amide bonds. The molecule has 1 fully saturated rings. The molecule has 104 valence electrons. The molecule has 0 atom stereocenters. The van der Waals surface area contributed by atoms with Crippen LogP contribution in [-0.2, 0) is 7.05 Å². The van der Waals surface area contributed by atoms with Crippen LogP contribution < -0.4 is 4.57 Å². The summed E-state index contributed by atoms with van der Waals surface area (Å²) >= 11 is 0. The molecule has 1 aromatic carbocycles. The van der Waals surface area contributed by atoms with Gasteiger partial charge in [0.1, 0.15) is 11.9 Å². The molecule has 0 N–H and O–H groups in total. The summed E-state index contributed by atoms with van der Waals surface area (Å²) in [6, 6.07) is 8.67. The molecule has 0 spiro atoms. The van der Waals surface area contributed by atoms with Gasteiger partial charge in [0, 0.05) is 11.1 Å². The summed E-state index contributed by atoms with van der Waals surface area (Å²) in [7, 11) is 2.11. The van der Waals surface area contributed by atoms with E-state index in [1.807, 2.05) is 6.33 Å². The van der Waals surface area contributed by atoms with Gasteiger partial charge >= 0.3 is 0 Å². The second-order valence-corrected chi connectivity index (χ2v) is 5.96. The zero-order valence-electron chi connectivity index (χ0n) is 12.5. The summed E-state index contributed by atoms with van der Waals surface area (Å²) in [5.74, 6) is 0.679. The van der Waals surface area contributed by atoms with Crippen molar-refractivity contribution in [2.45, 2.75) is 44.9 Å². The molecule has 1 aliphatic carbocycles. The number of hydrogen-bond donors (Lipinski definition) is 0. The molecule has 1 heterocycles. The Morgan fingerprint density at radius 1 is 1.10 bits per heavy atom. The van der Waals surface area contributed by atoms with E-state index in [4.69, 9.17) is 0 Å². The van der Waals surface area contributed by atoms with Crippen LogP contribution in [0.3, 0.4) is 0 Å². The van der Waals surface area contributed by atoms with E-state index >= 15 is 0 Å². The van der Waals surface area contributed by atoms with Crippen molar-refractivity contribution in [2.75, 3.05) is 0 Å². The molecule has 0 unspecified atom stereocenters. The molecule has 2 aromatic rings. The van der Waals surface area contributed by atoms with Crippen LogP contribution in [0.1, 0.15) is 49.1 Å². The van der Waals surface area contributed by atoms with Crippen molar-refractivity contribution < 1.29 is 4.57 Å². The van der Waals surface area contributed by atoms with Gasteiger partial charge in [-0.2, -0.15) is 0 Å². The Labute approximate surface area is 121 Å². The van der Waals surface area contributed by atoms with E-state index in [0.717, 1.165) is 0 Å².